The van der Waals surface area contributed by atoms with Crippen LogP contribution < -0.4 is 16.1 Å². The standard InChI is InChI=1S/C24H29N5O3/c1-5-29-20-9-7-6-8-18(20)19-13-17(10-11-21(19)29)26-22(30)12-16(4)27-28-24(32)23(31)25-14-15(2)3/h6-11,13,15H,5,12,14H2,1-4H3,(H,25,31)(H,26,30)(H,28,32). The van der Waals surface area contributed by atoms with Gasteiger partial charge in [-0.25, -0.2) is 5.43 Å². The normalized spacial score (nSPS) is 11.7. The largest absolute Gasteiger partial charge is 0.348 e. The van der Waals surface area contributed by atoms with Crippen molar-refractivity contribution >= 4 is 50.9 Å². The first-order valence-electron chi connectivity index (χ1n) is 10.7. The molecule has 8 heteroatoms. The van der Waals surface area contributed by atoms with E-state index < -0.39 is 11.8 Å². The number of hydrogen-bond donors (Lipinski definition) is 3. The van der Waals surface area contributed by atoms with E-state index in [0.29, 0.717) is 17.9 Å². The van der Waals surface area contributed by atoms with Gasteiger partial charge < -0.3 is 15.2 Å². The monoisotopic (exact) mass is 435 g/mol. The van der Waals surface area contributed by atoms with Crippen molar-refractivity contribution in [3.05, 3.63) is 42.5 Å². The van der Waals surface area contributed by atoms with Crippen molar-refractivity contribution in [2.75, 3.05) is 11.9 Å². The summed E-state index contributed by atoms with van der Waals surface area (Å²) in [6.07, 6.45) is -0.0113. The number of carbonyl (C=O) groups excluding carboxylic acids is 3. The first kappa shape index (κ1) is 23.0. The molecule has 0 fully saturated rings. The minimum atomic E-state index is -0.858. The molecule has 0 unspecified atom stereocenters. The quantitative estimate of drug-likeness (QED) is 0.301. The van der Waals surface area contributed by atoms with Gasteiger partial charge in [-0.2, -0.15) is 5.10 Å². The first-order valence-corrected chi connectivity index (χ1v) is 10.7. The Morgan fingerprint density at radius 2 is 1.72 bits per heavy atom. The average molecular weight is 436 g/mol. The van der Waals surface area contributed by atoms with Crippen molar-refractivity contribution < 1.29 is 14.4 Å². The summed E-state index contributed by atoms with van der Waals surface area (Å²) in [6, 6.07) is 14.0. The topological polar surface area (TPSA) is 105 Å². The van der Waals surface area contributed by atoms with Crippen LogP contribution in [-0.4, -0.2) is 34.5 Å². The summed E-state index contributed by atoms with van der Waals surface area (Å²) < 4.78 is 2.24. The Balaban J connectivity index is 1.64. The van der Waals surface area contributed by atoms with Crippen LogP contribution >= 0.6 is 0 Å². The maximum absolute atomic E-state index is 12.5. The number of anilines is 1. The zero-order valence-electron chi connectivity index (χ0n) is 18.9. The van der Waals surface area contributed by atoms with Crippen LogP contribution in [0.15, 0.2) is 47.6 Å². The number of amides is 3. The second kappa shape index (κ2) is 10.1. The smallest absolute Gasteiger partial charge is 0.329 e. The molecular weight excluding hydrogens is 406 g/mol. The third-order valence-corrected chi connectivity index (χ3v) is 5.01. The van der Waals surface area contributed by atoms with Gasteiger partial charge >= 0.3 is 11.8 Å². The molecule has 1 aromatic heterocycles. The van der Waals surface area contributed by atoms with Gasteiger partial charge in [0.05, 0.1) is 6.42 Å². The third-order valence-electron chi connectivity index (χ3n) is 5.01. The molecule has 1 heterocycles. The van der Waals surface area contributed by atoms with Crippen molar-refractivity contribution in [2.45, 2.75) is 40.7 Å². The maximum Gasteiger partial charge on any atom is 0.329 e. The summed E-state index contributed by atoms with van der Waals surface area (Å²) in [5.41, 5.74) is 5.53. The molecule has 0 radical (unpaired) electrons. The highest BCUT2D eigenvalue weighted by atomic mass is 16.2. The second-order valence-corrected chi connectivity index (χ2v) is 8.11. The second-order valence-electron chi connectivity index (χ2n) is 8.11. The molecule has 32 heavy (non-hydrogen) atoms. The summed E-state index contributed by atoms with van der Waals surface area (Å²) in [5.74, 6) is -1.64. The number of carbonyl (C=O) groups is 3. The number of aromatic nitrogens is 1. The highest BCUT2D eigenvalue weighted by Crippen LogP contribution is 2.30. The molecule has 0 atom stereocenters. The number of benzene rings is 2. The summed E-state index contributed by atoms with van der Waals surface area (Å²) in [6.45, 7) is 8.84. The van der Waals surface area contributed by atoms with Crippen molar-refractivity contribution in [1.82, 2.24) is 15.3 Å². The number of rotatable bonds is 7. The predicted octanol–water partition coefficient (Wildman–Crippen LogP) is 3.41. The molecule has 2 aromatic carbocycles. The minimum Gasteiger partial charge on any atom is -0.348 e. The van der Waals surface area contributed by atoms with Gasteiger partial charge in [0.2, 0.25) is 5.91 Å². The van der Waals surface area contributed by atoms with E-state index in [1.165, 1.54) is 0 Å². The Labute approximate surface area is 187 Å². The molecule has 168 valence electrons. The van der Waals surface area contributed by atoms with E-state index in [9.17, 15) is 14.4 Å². The number of fused-ring (bicyclic) bond motifs is 3. The van der Waals surface area contributed by atoms with E-state index in [1.54, 1.807) is 6.92 Å². The first-order chi connectivity index (χ1) is 15.3. The number of para-hydroxylation sites is 1. The van der Waals surface area contributed by atoms with Crippen LogP contribution in [0.3, 0.4) is 0 Å². The Kier molecular flexibility index (Phi) is 7.25. The molecule has 3 N–H and O–H groups in total. The van der Waals surface area contributed by atoms with E-state index >= 15 is 0 Å². The molecule has 0 bridgehead atoms. The highest BCUT2D eigenvalue weighted by molar-refractivity contribution is 6.35. The van der Waals surface area contributed by atoms with Crippen molar-refractivity contribution in [2.24, 2.45) is 11.0 Å². The van der Waals surface area contributed by atoms with Crippen LogP contribution in [0.1, 0.15) is 34.1 Å². The van der Waals surface area contributed by atoms with Crippen molar-refractivity contribution in [3.63, 3.8) is 0 Å². The molecule has 3 aromatic rings. The lowest BCUT2D eigenvalue weighted by molar-refractivity contribution is -0.139. The third kappa shape index (κ3) is 5.32. The van der Waals surface area contributed by atoms with Crippen LogP contribution in [-0.2, 0) is 20.9 Å². The molecule has 0 aliphatic carbocycles. The molecule has 0 spiro atoms. The van der Waals surface area contributed by atoms with E-state index in [1.807, 2.05) is 44.2 Å². The van der Waals surface area contributed by atoms with E-state index in [4.69, 9.17) is 0 Å². The van der Waals surface area contributed by atoms with Gasteiger partial charge in [0, 0.05) is 46.3 Å². The number of hydrazone groups is 1. The van der Waals surface area contributed by atoms with Gasteiger partial charge in [0.15, 0.2) is 0 Å². The van der Waals surface area contributed by atoms with Gasteiger partial charge in [-0.05, 0) is 44.0 Å². The molecule has 0 saturated carbocycles. The van der Waals surface area contributed by atoms with Crippen LogP contribution in [0.25, 0.3) is 21.8 Å². The maximum atomic E-state index is 12.5. The fourth-order valence-corrected chi connectivity index (χ4v) is 3.52. The number of nitrogens with zero attached hydrogens (tertiary/aromatic N) is 2. The molecule has 3 rings (SSSR count). The Hall–Kier alpha value is -3.68. The SMILES string of the molecule is CCn1c2ccccc2c2cc(NC(=O)CC(C)=NNC(=O)C(=O)NCC(C)C)ccc21. The number of aryl methyl sites for hydroxylation is 1. The fraction of sp³-hybridized carbons (Fsp3) is 0.333. The number of nitrogens with one attached hydrogen (secondary N) is 3. The van der Waals surface area contributed by atoms with E-state index in [-0.39, 0.29) is 18.2 Å². The fourth-order valence-electron chi connectivity index (χ4n) is 3.52. The summed E-state index contributed by atoms with van der Waals surface area (Å²) in [7, 11) is 0. The Bertz CT molecular complexity index is 1190. The van der Waals surface area contributed by atoms with Gasteiger partial charge in [0.1, 0.15) is 0 Å². The van der Waals surface area contributed by atoms with Crippen LogP contribution in [0.5, 0.6) is 0 Å². The van der Waals surface area contributed by atoms with Gasteiger partial charge in [-0.3, -0.25) is 14.4 Å². The average Bonchev–Trinajstić information content (AvgIpc) is 3.08. The van der Waals surface area contributed by atoms with Crippen molar-refractivity contribution in [1.29, 1.82) is 0 Å². The van der Waals surface area contributed by atoms with Crippen molar-refractivity contribution in [3.8, 4) is 0 Å². The molecule has 0 saturated heterocycles. The highest BCUT2D eigenvalue weighted by Gasteiger charge is 2.14. The zero-order chi connectivity index (χ0) is 23.3. The Morgan fingerprint density at radius 3 is 2.44 bits per heavy atom. The molecule has 8 nitrogen and oxygen atoms in total. The van der Waals surface area contributed by atoms with E-state index in [0.717, 1.165) is 28.4 Å². The summed E-state index contributed by atoms with van der Waals surface area (Å²) in [4.78, 5) is 35.9. The lowest BCUT2D eigenvalue weighted by atomic mass is 10.1. The minimum absolute atomic E-state index is 0.0113. The Morgan fingerprint density at radius 1 is 1.00 bits per heavy atom. The van der Waals surface area contributed by atoms with Crippen LogP contribution in [0, 0.1) is 5.92 Å². The lowest BCUT2D eigenvalue weighted by Crippen LogP contribution is -2.39. The van der Waals surface area contributed by atoms with Crippen LogP contribution in [0.4, 0.5) is 5.69 Å². The van der Waals surface area contributed by atoms with Gasteiger partial charge in [-0.1, -0.05) is 32.0 Å². The van der Waals surface area contributed by atoms with E-state index in [2.05, 4.69) is 44.8 Å². The zero-order valence-corrected chi connectivity index (χ0v) is 18.9. The lowest BCUT2D eigenvalue weighted by Gasteiger charge is -2.08. The van der Waals surface area contributed by atoms with Gasteiger partial charge in [-0.15, -0.1) is 0 Å². The van der Waals surface area contributed by atoms with Crippen LogP contribution in [0.2, 0.25) is 0 Å². The summed E-state index contributed by atoms with van der Waals surface area (Å²) in [5, 5.41) is 11.5. The predicted molar refractivity (Wildman–Crippen MR) is 127 cm³/mol. The molecule has 0 aliphatic heterocycles. The summed E-state index contributed by atoms with van der Waals surface area (Å²) >= 11 is 0. The number of hydrogen-bond acceptors (Lipinski definition) is 4. The molecular formula is C24H29N5O3. The van der Waals surface area contributed by atoms with Gasteiger partial charge in [0.25, 0.3) is 0 Å². The molecule has 0 aliphatic rings. The molecule has 3 amide bonds.